The predicted octanol–water partition coefficient (Wildman–Crippen LogP) is 2.50. The van der Waals surface area contributed by atoms with Crippen molar-refractivity contribution in [3.8, 4) is 5.75 Å². The number of fused-ring (bicyclic) bond motifs is 2. The highest BCUT2D eigenvalue weighted by Gasteiger charge is 2.29. The third-order valence-corrected chi connectivity index (χ3v) is 4.57. The molecule has 2 aliphatic rings. The Morgan fingerprint density at radius 2 is 2.20 bits per heavy atom. The van der Waals surface area contributed by atoms with Gasteiger partial charge in [0.25, 0.3) is 0 Å². The summed E-state index contributed by atoms with van der Waals surface area (Å²) in [5, 5.41) is 6.12. The number of anilines is 4. The number of carbonyl (C=O) groups is 1. The van der Waals surface area contributed by atoms with Gasteiger partial charge < -0.3 is 20.3 Å². The molecule has 0 bridgehead atoms. The normalized spacial score (nSPS) is 15.4. The zero-order valence-corrected chi connectivity index (χ0v) is 14.4. The summed E-state index contributed by atoms with van der Waals surface area (Å²) in [7, 11) is 1.62. The highest BCUT2D eigenvalue weighted by Crippen LogP contribution is 2.40. The van der Waals surface area contributed by atoms with Crippen LogP contribution in [0.3, 0.4) is 0 Å². The molecule has 0 unspecified atom stereocenters. The minimum atomic E-state index is -0.0592. The lowest BCUT2D eigenvalue weighted by atomic mass is 10.1. The Bertz CT molecular complexity index is 836. The number of aromatic nitrogens is 2. The molecule has 4 rings (SSSR count). The number of rotatable bonds is 4. The number of nitrogens with zero attached hydrogens (tertiary/aromatic N) is 3. The third-order valence-electron chi connectivity index (χ3n) is 4.57. The Morgan fingerprint density at radius 1 is 1.32 bits per heavy atom. The maximum atomic E-state index is 12.3. The molecule has 2 heterocycles. The van der Waals surface area contributed by atoms with Crippen LogP contribution in [0.2, 0.25) is 0 Å². The third kappa shape index (κ3) is 2.75. The van der Waals surface area contributed by atoms with Gasteiger partial charge in [-0.15, -0.1) is 0 Å². The summed E-state index contributed by atoms with van der Waals surface area (Å²) >= 11 is 0. The van der Waals surface area contributed by atoms with Crippen molar-refractivity contribution in [2.75, 3.05) is 35.7 Å². The summed E-state index contributed by atoms with van der Waals surface area (Å²) in [4.78, 5) is 23.6. The lowest BCUT2D eigenvalue weighted by molar-refractivity contribution is -0.115. The van der Waals surface area contributed by atoms with Crippen molar-refractivity contribution >= 4 is 29.0 Å². The SMILES string of the molecule is CCNc1nc2c(c(N3CC(=O)Nc4cc(OC)ccc43)n1)CCC2. The first kappa shape index (κ1) is 15.7. The van der Waals surface area contributed by atoms with Gasteiger partial charge >= 0.3 is 0 Å². The van der Waals surface area contributed by atoms with E-state index in [9.17, 15) is 4.79 Å². The Kier molecular flexibility index (Phi) is 3.91. The minimum Gasteiger partial charge on any atom is -0.497 e. The lowest BCUT2D eigenvalue weighted by Gasteiger charge is -2.31. The van der Waals surface area contributed by atoms with E-state index in [4.69, 9.17) is 9.72 Å². The second-order valence-electron chi connectivity index (χ2n) is 6.20. The molecule has 25 heavy (non-hydrogen) atoms. The van der Waals surface area contributed by atoms with E-state index in [1.54, 1.807) is 7.11 Å². The van der Waals surface area contributed by atoms with E-state index in [2.05, 4.69) is 15.6 Å². The van der Waals surface area contributed by atoms with Crippen molar-refractivity contribution in [2.45, 2.75) is 26.2 Å². The quantitative estimate of drug-likeness (QED) is 0.891. The molecule has 0 radical (unpaired) electrons. The van der Waals surface area contributed by atoms with Gasteiger partial charge in [0.05, 0.1) is 24.2 Å². The summed E-state index contributed by atoms with van der Waals surface area (Å²) in [6, 6.07) is 5.70. The maximum Gasteiger partial charge on any atom is 0.244 e. The summed E-state index contributed by atoms with van der Waals surface area (Å²) < 4.78 is 5.28. The van der Waals surface area contributed by atoms with E-state index >= 15 is 0 Å². The fourth-order valence-corrected chi connectivity index (χ4v) is 3.46. The van der Waals surface area contributed by atoms with Gasteiger partial charge in [-0.1, -0.05) is 0 Å². The van der Waals surface area contributed by atoms with Gasteiger partial charge in [0, 0.05) is 18.2 Å². The number of hydrogen-bond donors (Lipinski definition) is 2. The van der Waals surface area contributed by atoms with Gasteiger partial charge in [-0.25, -0.2) is 4.98 Å². The van der Waals surface area contributed by atoms with E-state index in [-0.39, 0.29) is 12.5 Å². The molecule has 0 saturated heterocycles. The van der Waals surface area contributed by atoms with E-state index in [0.29, 0.717) is 11.7 Å². The fourth-order valence-electron chi connectivity index (χ4n) is 3.46. The molecule has 2 aromatic rings. The highest BCUT2D eigenvalue weighted by atomic mass is 16.5. The van der Waals surface area contributed by atoms with Crippen molar-refractivity contribution < 1.29 is 9.53 Å². The number of ether oxygens (including phenoxy) is 1. The molecule has 0 spiro atoms. The molecule has 1 aromatic carbocycles. The average Bonchev–Trinajstić information content (AvgIpc) is 3.08. The van der Waals surface area contributed by atoms with Crippen LogP contribution in [0, 0.1) is 0 Å². The molecule has 1 amide bonds. The molecule has 1 aliphatic heterocycles. The van der Waals surface area contributed by atoms with Crippen molar-refractivity contribution in [1.29, 1.82) is 0 Å². The van der Waals surface area contributed by atoms with Crippen LogP contribution in [0.25, 0.3) is 0 Å². The number of aryl methyl sites for hydroxylation is 1. The first-order valence-corrected chi connectivity index (χ1v) is 8.58. The van der Waals surface area contributed by atoms with Gasteiger partial charge in [0.2, 0.25) is 11.9 Å². The Labute approximate surface area is 146 Å². The number of hydrogen-bond acceptors (Lipinski definition) is 6. The molecule has 1 aliphatic carbocycles. The Hall–Kier alpha value is -2.83. The molecule has 130 valence electrons. The van der Waals surface area contributed by atoms with Crippen LogP contribution in [-0.4, -0.2) is 36.1 Å². The second-order valence-corrected chi connectivity index (χ2v) is 6.20. The van der Waals surface area contributed by atoms with Crippen LogP contribution < -0.4 is 20.3 Å². The van der Waals surface area contributed by atoms with E-state index in [1.807, 2.05) is 30.0 Å². The van der Waals surface area contributed by atoms with Crippen LogP contribution in [0.5, 0.6) is 5.75 Å². The van der Waals surface area contributed by atoms with Crippen LogP contribution >= 0.6 is 0 Å². The number of nitrogens with one attached hydrogen (secondary N) is 2. The van der Waals surface area contributed by atoms with E-state index in [1.165, 1.54) is 0 Å². The van der Waals surface area contributed by atoms with Crippen molar-refractivity contribution in [2.24, 2.45) is 0 Å². The summed E-state index contributed by atoms with van der Waals surface area (Å²) in [6.07, 6.45) is 2.97. The summed E-state index contributed by atoms with van der Waals surface area (Å²) in [5.74, 6) is 2.11. The zero-order chi connectivity index (χ0) is 17.4. The van der Waals surface area contributed by atoms with Gasteiger partial charge in [-0.3, -0.25) is 4.79 Å². The van der Waals surface area contributed by atoms with Crippen LogP contribution in [0.1, 0.15) is 24.6 Å². The van der Waals surface area contributed by atoms with Gasteiger partial charge in [0.1, 0.15) is 18.1 Å². The topological polar surface area (TPSA) is 79.4 Å². The molecule has 7 nitrogen and oxygen atoms in total. The predicted molar refractivity (Wildman–Crippen MR) is 96.9 cm³/mol. The van der Waals surface area contributed by atoms with Gasteiger partial charge in [-0.05, 0) is 38.3 Å². The highest BCUT2D eigenvalue weighted by molar-refractivity contribution is 6.03. The van der Waals surface area contributed by atoms with Crippen molar-refractivity contribution in [3.05, 3.63) is 29.5 Å². The van der Waals surface area contributed by atoms with Crippen LogP contribution in [0.15, 0.2) is 18.2 Å². The van der Waals surface area contributed by atoms with Gasteiger partial charge in [-0.2, -0.15) is 4.98 Å². The van der Waals surface area contributed by atoms with Crippen LogP contribution in [0.4, 0.5) is 23.1 Å². The monoisotopic (exact) mass is 339 g/mol. The van der Waals surface area contributed by atoms with E-state index < -0.39 is 0 Å². The summed E-state index contributed by atoms with van der Waals surface area (Å²) in [6.45, 7) is 3.02. The van der Waals surface area contributed by atoms with Crippen molar-refractivity contribution in [1.82, 2.24) is 9.97 Å². The first-order valence-electron chi connectivity index (χ1n) is 8.58. The molecular formula is C18H21N5O2. The number of amides is 1. The first-order chi connectivity index (χ1) is 12.2. The summed E-state index contributed by atoms with van der Waals surface area (Å²) in [5.41, 5.74) is 3.90. The second kappa shape index (κ2) is 6.23. The van der Waals surface area contributed by atoms with Gasteiger partial charge in [0.15, 0.2) is 0 Å². The zero-order valence-electron chi connectivity index (χ0n) is 14.4. The average molecular weight is 339 g/mol. The lowest BCUT2D eigenvalue weighted by Crippen LogP contribution is -2.36. The number of carbonyl (C=O) groups excluding carboxylic acids is 1. The Balaban J connectivity index is 1.84. The van der Waals surface area contributed by atoms with E-state index in [0.717, 1.165) is 54.3 Å². The van der Waals surface area contributed by atoms with Crippen molar-refractivity contribution in [3.63, 3.8) is 0 Å². The molecule has 0 saturated carbocycles. The number of benzene rings is 1. The number of methoxy groups -OCH3 is 1. The van der Waals surface area contributed by atoms with Crippen LogP contribution in [-0.2, 0) is 17.6 Å². The largest absolute Gasteiger partial charge is 0.497 e. The molecule has 0 fully saturated rings. The standard InChI is InChI=1S/C18H21N5O2/c1-3-19-18-21-13-6-4-5-12(13)17(22-18)23-10-16(24)20-14-9-11(25-2)7-8-15(14)23/h7-9H,3-6,10H2,1-2H3,(H,20,24)(H,19,21,22). The maximum absolute atomic E-state index is 12.3. The molecule has 0 atom stereocenters. The smallest absolute Gasteiger partial charge is 0.244 e. The molecule has 1 aromatic heterocycles. The Morgan fingerprint density at radius 3 is 3.00 bits per heavy atom. The molecule has 2 N–H and O–H groups in total. The fraction of sp³-hybridized carbons (Fsp3) is 0.389. The minimum absolute atomic E-state index is 0.0592. The molecule has 7 heteroatoms. The molecular weight excluding hydrogens is 318 g/mol.